The number of aromatic nitrogens is 1. The number of cyclic esters (lactones) is 1. The number of hydrogen-bond donors (Lipinski definition) is 5. The molecule has 0 bridgehead atoms. The fourth-order valence-corrected chi connectivity index (χ4v) is 11.5. The number of aliphatic hydroxyl groups is 3. The lowest BCUT2D eigenvalue weighted by atomic mass is 9.74. The molecule has 5 rings (SSSR count). The van der Waals surface area contributed by atoms with E-state index in [4.69, 9.17) is 47.4 Å². The molecule has 0 spiro atoms. The van der Waals surface area contributed by atoms with E-state index in [9.17, 15) is 44.4 Å². The number of carboxylic acid groups (broad SMARTS) is 1. The van der Waals surface area contributed by atoms with Gasteiger partial charge in [0, 0.05) is 74.7 Å². The molecule has 2 aromatic rings. The first-order chi connectivity index (χ1) is 37.6. The van der Waals surface area contributed by atoms with Crippen LogP contribution in [0.2, 0.25) is 0 Å². The first-order valence-corrected chi connectivity index (χ1v) is 27.8. The summed E-state index contributed by atoms with van der Waals surface area (Å²) in [5, 5.41) is 47.7. The summed E-state index contributed by atoms with van der Waals surface area (Å²) in [6.45, 7) is 19.9. The van der Waals surface area contributed by atoms with Gasteiger partial charge in [0.1, 0.15) is 41.4 Å². The number of esters is 1. The highest BCUT2D eigenvalue weighted by molar-refractivity contribution is 5.93. The van der Waals surface area contributed by atoms with E-state index < -0.39 is 119 Å². The van der Waals surface area contributed by atoms with Gasteiger partial charge in [-0.2, -0.15) is 0 Å². The molecule has 80 heavy (non-hydrogen) atoms. The number of methoxy groups -OCH3 is 2. The molecule has 22 heteroatoms. The summed E-state index contributed by atoms with van der Waals surface area (Å²) in [4.78, 5) is 68.4. The van der Waals surface area contributed by atoms with Crippen LogP contribution < -0.4 is 10.7 Å². The quantitative estimate of drug-likeness (QED) is 0.0791. The summed E-state index contributed by atoms with van der Waals surface area (Å²) in [5.41, 5.74) is -4.33. The second-order valence-corrected chi connectivity index (χ2v) is 22.6. The van der Waals surface area contributed by atoms with Crippen LogP contribution in [0.1, 0.15) is 118 Å². The van der Waals surface area contributed by atoms with E-state index in [1.165, 1.54) is 34.3 Å². The molecule has 5 N–H and O–H groups in total. The van der Waals surface area contributed by atoms with Gasteiger partial charge in [-0.05, 0) is 100 Å². The molecule has 3 saturated heterocycles. The van der Waals surface area contributed by atoms with Gasteiger partial charge in [0.2, 0.25) is 5.43 Å². The molecule has 1 amide bonds. The monoisotopic (exact) mass is 1130 g/mol. The van der Waals surface area contributed by atoms with Crippen molar-refractivity contribution in [2.45, 2.75) is 193 Å². The summed E-state index contributed by atoms with van der Waals surface area (Å²) in [6.07, 6.45) is -9.29. The number of aryl methyl sites for hydroxylation is 1. The smallest absolute Gasteiger partial charge is 0.407 e. The predicted octanol–water partition coefficient (Wildman–Crippen LogP) is 4.29. The van der Waals surface area contributed by atoms with Crippen LogP contribution in [0.5, 0.6) is 0 Å². The number of nitrogens with one attached hydrogen (secondary N) is 1. The molecule has 2 unspecified atom stereocenters. The van der Waals surface area contributed by atoms with Crippen molar-refractivity contribution in [1.29, 1.82) is 0 Å². The van der Waals surface area contributed by atoms with Crippen LogP contribution in [0.4, 0.5) is 4.79 Å². The maximum atomic E-state index is 14.5. The third-order valence-corrected chi connectivity index (χ3v) is 16.4. The second-order valence-electron chi connectivity index (χ2n) is 22.6. The molecule has 450 valence electrons. The van der Waals surface area contributed by atoms with Crippen molar-refractivity contribution in [3.63, 3.8) is 0 Å². The average Bonchev–Trinajstić information content (AvgIpc) is 3.41. The van der Waals surface area contributed by atoms with E-state index >= 15 is 0 Å². The van der Waals surface area contributed by atoms with Crippen LogP contribution in [-0.4, -0.2) is 199 Å². The molecule has 0 aliphatic carbocycles. The fourth-order valence-electron chi connectivity index (χ4n) is 11.5. The van der Waals surface area contributed by atoms with E-state index in [1.807, 2.05) is 39.8 Å². The minimum absolute atomic E-state index is 0.00163. The Morgan fingerprint density at radius 1 is 0.887 bits per heavy atom. The molecular formula is C58H89N3O19. The Kier molecular flexibility index (Phi) is 23.7. The lowest BCUT2D eigenvalue weighted by Gasteiger charge is -2.50. The summed E-state index contributed by atoms with van der Waals surface area (Å²) < 4.78 is 63.9. The van der Waals surface area contributed by atoms with E-state index in [0.717, 1.165) is 0 Å². The van der Waals surface area contributed by atoms with Gasteiger partial charge in [0.25, 0.3) is 0 Å². The van der Waals surface area contributed by atoms with Crippen LogP contribution in [0.25, 0.3) is 10.9 Å². The maximum absolute atomic E-state index is 14.5. The third kappa shape index (κ3) is 15.5. The van der Waals surface area contributed by atoms with Crippen LogP contribution in [-0.2, 0) is 63.5 Å². The number of aromatic carboxylic acids is 1. The highest BCUT2D eigenvalue weighted by Crippen LogP contribution is 2.42. The lowest BCUT2D eigenvalue weighted by molar-refractivity contribution is -0.319. The first kappa shape index (κ1) is 66.2. The van der Waals surface area contributed by atoms with Gasteiger partial charge in [0.05, 0.1) is 67.4 Å². The fraction of sp³-hybridized carbons (Fsp3) is 0.741. The van der Waals surface area contributed by atoms with E-state index in [2.05, 4.69) is 17.2 Å². The standard InChI is InChI=1S/C58H89N3O19/c1-16-43-58(11,70)49(65)34(5)45(62)32(3)29-56(9,71-14)50(79-54-47(64)42(60(12)13)27-33(4)75-54)35(6)48(36(7)53(68)77-43)78-44-30-57(10,72-15)51(37(8)76-44)80-55(69)59-22-24-74-26-25-73-23-18-19-38-20-21-41-39(28-38)46(63)40(52(66)67)31-61(41)17-2/h20-21,28,31-37,42-44,47-51,54,64-65,70H,16-17,22-27,29-30H2,1-15H3,(H,59,69)(H,66,67)/t32-,33-,34+,35+,36-,37+,42+,43-,44?,47-,48+,49-,50-,51+,54?,56-,57-,58-/m1/s1. The number of hydrogen-bond acceptors (Lipinski definition) is 19. The number of benzene rings is 1. The first-order valence-electron chi connectivity index (χ1n) is 27.8. The van der Waals surface area contributed by atoms with Crippen LogP contribution in [0, 0.1) is 35.5 Å². The Bertz CT molecular complexity index is 2550. The number of amides is 1. The zero-order chi connectivity index (χ0) is 59.6. The molecule has 3 aliphatic rings. The molecule has 3 aliphatic heterocycles. The minimum Gasteiger partial charge on any atom is -0.477 e. The van der Waals surface area contributed by atoms with Crippen molar-refractivity contribution < 1.29 is 87.0 Å². The Balaban J connectivity index is 1.27. The molecule has 4 heterocycles. The van der Waals surface area contributed by atoms with Crippen molar-refractivity contribution in [2.24, 2.45) is 23.7 Å². The Morgan fingerprint density at radius 3 is 2.17 bits per heavy atom. The van der Waals surface area contributed by atoms with E-state index in [1.54, 1.807) is 64.3 Å². The number of carboxylic acids is 1. The van der Waals surface area contributed by atoms with E-state index in [-0.39, 0.29) is 81.1 Å². The average molecular weight is 1130 g/mol. The van der Waals surface area contributed by atoms with Gasteiger partial charge >= 0.3 is 18.0 Å². The number of alkyl carbamates (subject to hydrolysis) is 1. The molecule has 22 nitrogen and oxygen atoms in total. The van der Waals surface area contributed by atoms with Gasteiger partial charge in [-0.15, -0.1) is 0 Å². The van der Waals surface area contributed by atoms with Crippen molar-refractivity contribution >= 4 is 34.7 Å². The van der Waals surface area contributed by atoms with E-state index in [0.29, 0.717) is 24.0 Å². The number of pyridine rings is 1. The number of fused-ring (bicyclic) bond motifs is 1. The molecule has 1 aromatic heterocycles. The zero-order valence-corrected chi connectivity index (χ0v) is 49.3. The summed E-state index contributed by atoms with van der Waals surface area (Å²) in [5.74, 6) is -0.373. The number of ether oxygens (including phenoxy) is 10. The van der Waals surface area contributed by atoms with Crippen molar-refractivity contribution in [3.05, 3.63) is 45.7 Å². The number of carbonyl (C=O) groups excluding carboxylic acids is 3. The minimum atomic E-state index is -2.04. The van der Waals surface area contributed by atoms with Gasteiger partial charge in [-0.25, -0.2) is 9.59 Å². The molecule has 1 aromatic carbocycles. The number of rotatable bonds is 18. The van der Waals surface area contributed by atoms with Gasteiger partial charge < -0.3 is 82.6 Å². The van der Waals surface area contributed by atoms with Gasteiger partial charge in [0.15, 0.2) is 18.7 Å². The maximum Gasteiger partial charge on any atom is 0.407 e. The van der Waals surface area contributed by atoms with Gasteiger partial charge in [-0.3, -0.25) is 14.4 Å². The van der Waals surface area contributed by atoms with Crippen molar-refractivity contribution in [3.8, 4) is 11.8 Å². The Morgan fingerprint density at radius 2 is 1.55 bits per heavy atom. The molecule has 3 fully saturated rings. The SMILES string of the molecule is CC[C@H]1OC(=O)[C@H](C)[C@@H](OC2C[C@@](C)(OC)[C@@H](OC(=O)NCCOCCOCC#Cc3ccc4c(c3)c(=O)c(C(=O)O)cn4CC)[C@H](C)O2)[C@H](C)[C@@H](OC2O[C@H](C)C[C@H](N(C)C)[C@H]2O)[C@](C)(OC)C[C@@H](C)C(=O)[C@H](C)[C@@H](O)[C@]1(C)O. The summed E-state index contributed by atoms with van der Waals surface area (Å²) >= 11 is 0. The molecule has 0 saturated carbocycles. The normalized spacial score (nSPS) is 35.7. The topological polar surface area (TPSA) is 279 Å². The van der Waals surface area contributed by atoms with Crippen LogP contribution in [0.15, 0.2) is 29.2 Å². The second kappa shape index (κ2) is 28.6. The number of carbonyl (C=O) groups is 4. The number of Topliss-reactive ketones (excluding diaryl/α,β-unsaturated/α-hetero) is 1. The van der Waals surface area contributed by atoms with Crippen molar-refractivity contribution in [2.75, 3.05) is 61.3 Å². The third-order valence-electron chi connectivity index (χ3n) is 16.4. The number of aliphatic hydroxyl groups excluding tert-OH is 2. The number of likely N-dealkylation sites (N-methyl/N-ethyl adjacent to an activating group) is 1. The molecule has 0 radical (unpaired) electrons. The lowest BCUT2D eigenvalue weighted by Crippen LogP contribution is -2.62. The largest absolute Gasteiger partial charge is 0.477 e. The predicted molar refractivity (Wildman–Crippen MR) is 293 cm³/mol. The molecule has 18 atom stereocenters. The Hall–Kier alpha value is -4.61. The summed E-state index contributed by atoms with van der Waals surface area (Å²) in [6, 6.07) is 4.71. The van der Waals surface area contributed by atoms with Crippen LogP contribution in [0.3, 0.4) is 0 Å². The highest BCUT2D eigenvalue weighted by Gasteiger charge is 2.55. The number of nitrogens with zero attached hydrogens (tertiary/aromatic N) is 2. The highest BCUT2D eigenvalue weighted by atomic mass is 16.7. The van der Waals surface area contributed by atoms with Crippen LogP contribution >= 0.6 is 0 Å². The number of ketones is 1. The molecular weight excluding hydrogens is 1040 g/mol. The Labute approximate surface area is 470 Å². The van der Waals surface area contributed by atoms with Gasteiger partial charge in [-0.1, -0.05) is 39.5 Å². The van der Waals surface area contributed by atoms with Crippen molar-refractivity contribution in [1.82, 2.24) is 14.8 Å². The zero-order valence-electron chi connectivity index (χ0n) is 49.3. The summed E-state index contributed by atoms with van der Waals surface area (Å²) in [7, 11) is 6.67.